The molecule has 0 unspecified atom stereocenters. The first kappa shape index (κ1) is 24.2. The molecule has 2 fully saturated rings. The van der Waals surface area contributed by atoms with E-state index in [4.69, 9.17) is 4.65 Å². The molecule has 3 aliphatic rings. The van der Waals surface area contributed by atoms with Gasteiger partial charge in [0.1, 0.15) is 5.75 Å². The van der Waals surface area contributed by atoms with Gasteiger partial charge in [-0.05, 0) is 68.1 Å². The van der Waals surface area contributed by atoms with E-state index >= 15 is 0 Å². The molecule has 0 bridgehead atoms. The Balaban J connectivity index is 1.57. The summed E-state index contributed by atoms with van der Waals surface area (Å²) in [5.41, 5.74) is 4.02. The lowest BCUT2D eigenvalue weighted by molar-refractivity contribution is -0.137. The van der Waals surface area contributed by atoms with Crippen molar-refractivity contribution < 1.29 is 33.9 Å². The quantitative estimate of drug-likeness (QED) is 0.387. The Morgan fingerprint density at radius 3 is 2.74 bits per heavy atom. The first-order valence-electron chi connectivity index (χ1n) is 11.7. The minimum atomic E-state index is -1.06. The van der Waals surface area contributed by atoms with Crippen molar-refractivity contribution in [2.75, 3.05) is 7.11 Å². The number of carbonyl (C=O) groups is 3. The molecule has 1 aromatic carbocycles. The zero-order chi connectivity index (χ0) is 24.6. The van der Waals surface area contributed by atoms with Crippen LogP contribution in [0.3, 0.4) is 0 Å². The molecule has 0 aromatic heterocycles. The molecule has 2 aliphatic heterocycles. The molecule has 0 saturated carbocycles. The van der Waals surface area contributed by atoms with Crippen molar-refractivity contribution in [3.63, 3.8) is 0 Å². The minimum Gasteiger partial charge on any atom is -0.508 e. The SMILES string of the molecule is CC/C(=C\c1cccc(O)c1)CC[C@H]1OB(O)C[C@H]2C1=C(C)C[C@H]1C(=O)N(C(=O)OC)C(=O)[C@H]12. The van der Waals surface area contributed by atoms with Gasteiger partial charge in [0.2, 0.25) is 11.8 Å². The summed E-state index contributed by atoms with van der Waals surface area (Å²) in [7, 11) is 0.0874. The Morgan fingerprint density at radius 2 is 2.06 bits per heavy atom. The Bertz CT molecular complexity index is 1070. The van der Waals surface area contributed by atoms with E-state index < -0.39 is 36.9 Å². The smallest absolute Gasteiger partial charge is 0.455 e. The zero-order valence-electron chi connectivity index (χ0n) is 19.7. The Labute approximate surface area is 199 Å². The predicted molar refractivity (Wildman–Crippen MR) is 125 cm³/mol. The molecule has 2 N–H and O–H groups in total. The van der Waals surface area contributed by atoms with Crippen LogP contribution in [0.5, 0.6) is 5.75 Å². The van der Waals surface area contributed by atoms with Crippen LogP contribution in [0.25, 0.3) is 6.08 Å². The normalized spacial score (nSPS) is 27.1. The largest absolute Gasteiger partial charge is 0.508 e. The molecule has 1 aliphatic carbocycles. The number of methoxy groups -OCH3 is 1. The summed E-state index contributed by atoms with van der Waals surface area (Å²) in [6.07, 6.45) is 3.42. The van der Waals surface area contributed by atoms with Gasteiger partial charge in [-0.1, -0.05) is 36.3 Å². The van der Waals surface area contributed by atoms with E-state index in [0.29, 0.717) is 24.2 Å². The molecule has 4 atom stereocenters. The average Bonchev–Trinajstić information content (AvgIpc) is 3.05. The molecule has 0 spiro atoms. The van der Waals surface area contributed by atoms with Crippen LogP contribution in [-0.4, -0.2) is 53.3 Å². The van der Waals surface area contributed by atoms with Crippen molar-refractivity contribution in [2.45, 2.75) is 52.0 Å². The fourth-order valence-electron chi connectivity index (χ4n) is 5.71. The fraction of sp³-hybridized carbons (Fsp3) is 0.480. The molecule has 1 aromatic rings. The lowest BCUT2D eigenvalue weighted by Crippen LogP contribution is -2.46. The number of fused-ring (bicyclic) bond motifs is 3. The predicted octanol–water partition coefficient (Wildman–Crippen LogP) is 3.55. The molecule has 2 saturated heterocycles. The highest BCUT2D eigenvalue weighted by atomic mass is 16.5. The van der Waals surface area contributed by atoms with Gasteiger partial charge >= 0.3 is 13.2 Å². The molecular formula is C25H30BNO7. The van der Waals surface area contributed by atoms with Gasteiger partial charge < -0.3 is 19.5 Å². The highest BCUT2D eigenvalue weighted by Gasteiger charge is 2.58. The summed E-state index contributed by atoms with van der Waals surface area (Å²) in [5, 5.41) is 20.2. The van der Waals surface area contributed by atoms with E-state index in [9.17, 15) is 24.5 Å². The second-order valence-corrected chi connectivity index (χ2v) is 9.27. The highest BCUT2D eigenvalue weighted by molar-refractivity contribution is 6.43. The van der Waals surface area contributed by atoms with E-state index in [0.717, 1.165) is 30.2 Å². The number of carbonyl (C=O) groups excluding carboxylic acids is 3. The lowest BCUT2D eigenvalue weighted by Gasteiger charge is -2.42. The standard InChI is InChI=1S/C25H30BNO7/c1-4-15(11-16-6-5-7-17(28)12-16)8-9-20-21-14(2)10-18-22(19(21)13-26(32)34-20)24(30)27(23(18)29)25(31)33-3/h5-7,11-12,18-20,22,28,32H,4,8-10,13H2,1-3H3/b15-11+/t18-,19+,20-,22-/m1/s1. The van der Waals surface area contributed by atoms with Gasteiger partial charge in [0.25, 0.3) is 0 Å². The summed E-state index contributed by atoms with van der Waals surface area (Å²) in [6.45, 7) is 4.00. The van der Waals surface area contributed by atoms with Gasteiger partial charge in [0.05, 0.1) is 25.0 Å². The number of allylic oxidation sites excluding steroid dienone is 2. The van der Waals surface area contributed by atoms with E-state index in [1.807, 2.05) is 19.1 Å². The fourth-order valence-corrected chi connectivity index (χ4v) is 5.71. The van der Waals surface area contributed by atoms with Gasteiger partial charge in [-0.15, -0.1) is 0 Å². The number of imide groups is 3. The molecule has 3 amide bonds. The summed E-state index contributed by atoms with van der Waals surface area (Å²) in [5.74, 6) is -2.55. The number of benzene rings is 1. The van der Waals surface area contributed by atoms with Crippen LogP contribution in [-0.2, 0) is 19.0 Å². The van der Waals surface area contributed by atoms with Crippen molar-refractivity contribution in [1.82, 2.24) is 4.90 Å². The molecular weight excluding hydrogens is 437 g/mol. The monoisotopic (exact) mass is 467 g/mol. The number of hydrogen-bond donors (Lipinski definition) is 2. The molecule has 8 nitrogen and oxygen atoms in total. The number of nitrogens with zero attached hydrogens (tertiary/aromatic N) is 1. The van der Waals surface area contributed by atoms with Crippen molar-refractivity contribution in [3.8, 4) is 5.75 Å². The number of rotatable bonds is 5. The van der Waals surface area contributed by atoms with Crippen molar-refractivity contribution in [2.24, 2.45) is 17.8 Å². The van der Waals surface area contributed by atoms with Crippen molar-refractivity contribution in [3.05, 3.63) is 46.5 Å². The molecule has 34 heavy (non-hydrogen) atoms. The molecule has 4 rings (SSSR count). The summed E-state index contributed by atoms with van der Waals surface area (Å²) < 4.78 is 10.6. The maximum absolute atomic E-state index is 13.1. The molecule has 0 radical (unpaired) electrons. The number of amides is 3. The van der Waals surface area contributed by atoms with Gasteiger partial charge in [-0.25, -0.2) is 4.79 Å². The molecule has 2 heterocycles. The van der Waals surface area contributed by atoms with Gasteiger partial charge in [0.15, 0.2) is 0 Å². The van der Waals surface area contributed by atoms with Crippen LogP contribution in [0.15, 0.2) is 41.0 Å². The van der Waals surface area contributed by atoms with Crippen LogP contribution < -0.4 is 0 Å². The Hall–Kier alpha value is -2.91. The third kappa shape index (κ3) is 4.42. The van der Waals surface area contributed by atoms with Crippen molar-refractivity contribution >= 4 is 31.1 Å². The van der Waals surface area contributed by atoms with Crippen LogP contribution >= 0.6 is 0 Å². The number of ether oxygens (including phenoxy) is 1. The van der Waals surface area contributed by atoms with Crippen LogP contribution in [0.2, 0.25) is 6.32 Å². The molecule has 9 heteroatoms. The second kappa shape index (κ2) is 9.76. The Morgan fingerprint density at radius 1 is 1.29 bits per heavy atom. The van der Waals surface area contributed by atoms with Crippen molar-refractivity contribution in [1.29, 1.82) is 0 Å². The third-order valence-electron chi connectivity index (χ3n) is 7.23. The van der Waals surface area contributed by atoms with E-state index in [1.54, 1.807) is 18.2 Å². The zero-order valence-corrected chi connectivity index (χ0v) is 19.7. The highest BCUT2D eigenvalue weighted by Crippen LogP contribution is 2.50. The van der Waals surface area contributed by atoms with Gasteiger partial charge in [-0.3, -0.25) is 9.59 Å². The summed E-state index contributed by atoms with van der Waals surface area (Å²) in [6, 6.07) is 7.05. The van der Waals surface area contributed by atoms with Crippen LogP contribution in [0.4, 0.5) is 4.79 Å². The molecule has 180 valence electrons. The summed E-state index contributed by atoms with van der Waals surface area (Å²) >= 11 is 0. The Kier molecular flexibility index (Phi) is 6.95. The minimum absolute atomic E-state index is 0.206. The maximum atomic E-state index is 13.1. The second-order valence-electron chi connectivity index (χ2n) is 9.27. The topological polar surface area (TPSA) is 113 Å². The average molecular weight is 467 g/mol. The number of hydrogen-bond acceptors (Lipinski definition) is 7. The van der Waals surface area contributed by atoms with Crippen LogP contribution in [0.1, 0.15) is 45.1 Å². The number of phenols is 1. The lowest BCUT2D eigenvalue weighted by atomic mass is 9.59. The van der Waals surface area contributed by atoms with E-state index in [-0.39, 0.29) is 24.1 Å². The number of aromatic hydroxyl groups is 1. The van der Waals surface area contributed by atoms with E-state index in [2.05, 4.69) is 11.7 Å². The van der Waals surface area contributed by atoms with Gasteiger partial charge in [0, 0.05) is 0 Å². The third-order valence-corrected chi connectivity index (χ3v) is 7.23. The number of likely N-dealkylation sites (tertiary alicyclic amines) is 1. The maximum Gasteiger partial charge on any atom is 0.455 e. The first-order valence-corrected chi connectivity index (χ1v) is 11.7. The van der Waals surface area contributed by atoms with E-state index in [1.165, 1.54) is 5.57 Å². The first-order chi connectivity index (χ1) is 16.2. The van der Waals surface area contributed by atoms with Crippen LogP contribution in [0, 0.1) is 17.8 Å². The number of phenolic OH excluding ortho intramolecular Hbond substituents is 1. The van der Waals surface area contributed by atoms with Gasteiger partial charge in [-0.2, -0.15) is 4.90 Å². The summed E-state index contributed by atoms with van der Waals surface area (Å²) in [4.78, 5) is 38.6.